The lowest BCUT2D eigenvalue weighted by Crippen LogP contribution is -2.55. The first-order chi connectivity index (χ1) is 9.45. The van der Waals surface area contributed by atoms with Gasteiger partial charge >= 0.3 is 0 Å². The number of amides is 1. The van der Waals surface area contributed by atoms with Gasteiger partial charge < -0.3 is 16.0 Å². The Morgan fingerprint density at radius 1 is 1.25 bits per heavy atom. The molecule has 3 N–H and O–H groups in total. The van der Waals surface area contributed by atoms with E-state index in [-0.39, 0.29) is 11.9 Å². The fourth-order valence-electron chi connectivity index (χ4n) is 2.72. The Morgan fingerprint density at radius 2 is 1.85 bits per heavy atom. The van der Waals surface area contributed by atoms with Crippen LogP contribution in [0.5, 0.6) is 0 Å². The van der Waals surface area contributed by atoms with Crippen molar-refractivity contribution in [2.75, 3.05) is 39.8 Å². The van der Waals surface area contributed by atoms with Crippen LogP contribution in [0.4, 0.5) is 0 Å². The Labute approximate surface area is 123 Å². The molecule has 5 nitrogen and oxygen atoms in total. The molecule has 118 valence electrons. The molecule has 1 fully saturated rings. The number of rotatable bonds is 7. The molecule has 1 aliphatic rings. The van der Waals surface area contributed by atoms with Gasteiger partial charge in [0.1, 0.15) is 0 Å². The van der Waals surface area contributed by atoms with Gasteiger partial charge in [0, 0.05) is 38.8 Å². The molecule has 0 aliphatic carbocycles. The molecule has 1 rings (SSSR count). The molecule has 1 amide bonds. The van der Waals surface area contributed by atoms with Crippen LogP contribution in [-0.4, -0.2) is 67.6 Å². The lowest BCUT2D eigenvalue weighted by molar-refractivity contribution is -0.122. The SMILES string of the molecule is CCC[C@H](N)C(=O)NCC(C(C)C)N1CCN(C)CC1. The summed E-state index contributed by atoms with van der Waals surface area (Å²) in [5, 5.41) is 3.04. The van der Waals surface area contributed by atoms with Crippen molar-refractivity contribution in [3.63, 3.8) is 0 Å². The molecule has 5 heteroatoms. The summed E-state index contributed by atoms with van der Waals surface area (Å²) >= 11 is 0. The molecular weight excluding hydrogens is 252 g/mol. The van der Waals surface area contributed by atoms with E-state index in [1.165, 1.54) is 0 Å². The van der Waals surface area contributed by atoms with Gasteiger partial charge in [0.05, 0.1) is 6.04 Å². The Bertz CT molecular complexity index is 288. The normalized spacial score (nSPS) is 20.9. The molecule has 0 aromatic heterocycles. The lowest BCUT2D eigenvalue weighted by Gasteiger charge is -2.40. The highest BCUT2D eigenvalue weighted by atomic mass is 16.2. The fraction of sp³-hybridized carbons (Fsp3) is 0.933. The zero-order valence-electron chi connectivity index (χ0n) is 13.6. The Morgan fingerprint density at radius 3 is 2.35 bits per heavy atom. The fourth-order valence-corrected chi connectivity index (χ4v) is 2.72. The van der Waals surface area contributed by atoms with Gasteiger partial charge in [-0.25, -0.2) is 0 Å². The summed E-state index contributed by atoms with van der Waals surface area (Å²) in [6, 6.07) is 0.0433. The molecule has 0 radical (unpaired) electrons. The van der Waals surface area contributed by atoms with Crippen LogP contribution in [0.1, 0.15) is 33.6 Å². The van der Waals surface area contributed by atoms with Crippen molar-refractivity contribution in [1.29, 1.82) is 0 Å². The van der Waals surface area contributed by atoms with Crippen molar-refractivity contribution in [1.82, 2.24) is 15.1 Å². The third kappa shape index (κ3) is 5.38. The first-order valence-electron chi connectivity index (χ1n) is 7.91. The molecule has 1 aliphatic heterocycles. The minimum Gasteiger partial charge on any atom is -0.353 e. The molecule has 0 saturated carbocycles. The molecule has 0 bridgehead atoms. The number of piperazine rings is 1. The lowest BCUT2D eigenvalue weighted by atomic mass is 10.0. The van der Waals surface area contributed by atoms with Crippen molar-refractivity contribution in [3.8, 4) is 0 Å². The summed E-state index contributed by atoms with van der Waals surface area (Å²) < 4.78 is 0. The number of carbonyl (C=O) groups is 1. The second kappa shape index (κ2) is 8.60. The van der Waals surface area contributed by atoms with Crippen molar-refractivity contribution in [3.05, 3.63) is 0 Å². The number of hydrogen-bond donors (Lipinski definition) is 2. The van der Waals surface area contributed by atoms with Gasteiger partial charge in [-0.3, -0.25) is 9.69 Å². The third-order valence-corrected chi connectivity index (χ3v) is 4.20. The molecule has 1 saturated heterocycles. The second-order valence-corrected chi connectivity index (χ2v) is 6.29. The highest BCUT2D eigenvalue weighted by Gasteiger charge is 2.25. The Hall–Kier alpha value is -0.650. The number of likely N-dealkylation sites (N-methyl/N-ethyl adjacent to an activating group) is 1. The minimum absolute atomic E-state index is 0.00775. The predicted molar refractivity (Wildman–Crippen MR) is 83.6 cm³/mol. The van der Waals surface area contributed by atoms with Crippen molar-refractivity contribution in [2.45, 2.75) is 45.7 Å². The second-order valence-electron chi connectivity index (χ2n) is 6.29. The quantitative estimate of drug-likeness (QED) is 0.715. The molecule has 1 unspecified atom stereocenters. The summed E-state index contributed by atoms with van der Waals surface area (Å²) in [7, 11) is 2.16. The van der Waals surface area contributed by atoms with E-state index in [9.17, 15) is 4.79 Å². The van der Waals surface area contributed by atoms with Crippen molar-refractivity contribution >= 4 is 5.91 Å². The van der Waals surface area contributed by atoms with Gasteiger partial charge in [-0.2, -0.15) is 0 Å². The Balaban J connectivity index is 2.45. The predicted octanol–water partition coefficient (Wildman–Crippen LogP) is 0.502. The van der Waals surface area contributed by atoms with E-state index in [4.69, 9.17) is 5.73 Å². The monoisotopic (exact) mass is 284 g/mol. The van der Waals surface area contributed by atoms with Gasteiger partial charge in [0.2, 0.25) is 5.91 Å². The highest BCUT2D eigenvalue weighted by molar-refractivity contribution is 5.81. The van der Waals surface area contributed by atoms with Gasteiger partial charge in [-0.05, 0) is 19.4 Å². The van der Waals surface area contributed by atoms with Crippen LogP contribution in [0.25, 0.3) is 0 Å². The summed E-state index contributed by atoms with van der Waals surface area (Å²) in [5.41, 5.74) is 5.85. The van der Waals surface area contributed by atoms with Gasteiger partial charge in [-0.1, -0.05) is 27.2 Å². The summed E-state index contributed by atoms with van der Waals surface area (Å²) in [6.07, 6.45) is 1.70. The number of carbonyl (C=O) groups excluding carboxylic acids is 1. The van der Waals surface area contributed by atoms with Crippen LogP contribution < -0.4 is 11.1 Å². The number of hydrogen-bond acceptors (Lipinski definition) is 4. The van der Waals surface area contributed by atoms with Gasteiger partial charge in [0.25, 0.3) is 0 Å². The summed E-state index contributed by atoms with van der Waals surface area (Å²) in [6.45, 7) is 11.6. The van der Waals surface area contributed by atoms with Crippen LogP contribution in [0, 0.1) is 5.92 Å². The van der Waals surface area contributed by atoms with E-state index >= 15 is 0 Å². The van der Waals surface area contributed by atoms with Gasteiger partial charge in [0.15, 0.2) is 0 Å². The van der Waals surface area contributed by atoms with Crippen LogP contribution in [-0.2, 0) is 4.79 Å². The smallest absolute Gasteiger partial charge is 0.236 e. The van der Waals surface area contributed by atoms with E-state index in [1.807, 2.05) is 6.92 Å². The topological polar surface area (TPSA) is 61.6 Å². The molecule has 20 heavy (non-hydrogen) atoms. The van der Waals surface area contributed by atoms with E-state index in [0.29, 0.717) is 18.5 Å². The number of nitrogens with two attached hydrogens (primary N) is 1. The third-order valence-electron chi connectivity index (χ3n) is 4.20. The zero-order valence-corrected chi connectivity index (χ0v) is 13.6. The number of nitrogens with one attached hydrogen (secondary N) is 1. The average Bonchev–Trinajstić information content (AvgIpc) is 2.40. The van der Waals surface area contributed by atoms with E-state index in [2.05, 4.69) is 36.0 Å². The van der Waals surface area contributed by atoms with Crippen LogP contribution in [0.3, 0.4) is 0 Å². The van der Waals surface area contributed by atoms with Crippen molar-refractivity contribution < 1.29 is 4.79 Å². The maximum Gasteiger partial charge on any atom is 0.236 e. The van der Waals surface area contributed by atoms with E-state index < -0.39 is 0 Å². The van der Waals surface area contributed by atoms with Crippen LogP contribution in [0.2, 0.25) is 0 Å². The molecule has 1 heterocycles. The van der Waals surface area contributed by atoms with Crippen LogP contribution in [0.15, 0.2) is 0 Å². The van der Waals surface area contributed by atoms with E-state index in [0.717, 1.165) is 39.0 Å². The zero-order chi connectivity index (χ0) is 15.1. The molecule has 0 spiro atoms. The average molecular weight is 284 g/mol. The van der Waals surface area contributed by atoms with Crippen LogP contribution >= 0.6 is 0 Å². The first kappa shape index (κ1) is 17.4. The Kier molecular flexibility index (Phi) is 7.48. The summed E-state index contributed by atoms with van der Waals surface area (Å²) in [5.74, 6) is 0.521. The largest absolute Gasteiger partial charge is 0.353 e. The molecule has 2 atom stereocenters. The van der Waals surface area contributed by atoms with Crippen molar-refractivity contribution in [2.24, 2.45) is 11.7 Å². The number of nitrogens with zero attached hydrogens (tertiary/aromatic N) is 2. The maximum atomic E-state index is 11.9. The molecular formula is C15H32N4O. The summed E-state index contributed by atoms with van der Waals surface area (Å²) in [4.78, 5) is 16.8. The standard InChI is InChI=1S/C15H32N4O/c1-5-6-13(16)15(20)17-11-14(12(2)3)19-9-7-18(4)8-10-19/h12-14H,5-11,16H2,1-4H3,(H,17,20)/t13-,14?/m0/s1. The van der Waals surface area contributed by atoms with E-state index in [1.54, 1.807) is 0 Å². The van der Waals surface area contributed by atoms with Gasteiger partial charge in [-0.15, -0.1) is 0 Å². The maximum absolute atomic E-state index is 11.9. The first-order valence-corrected chi connectivity index (χ1v) is 7.91. The molecule has 0 aromatic carbocycles. The highest BCUT2D eigenvalue weighted by Crippen LogP contribution is 2.13. The minimum atomic E-state index is -0.361. The molecule has 0 aromatic rings.